The van der Waals surface area contributed by atoms with Crippen LogP contribution in [0, 0.1) is 0 Å². The summed E-state index contributed by atoms with van der Waals surface area (Å²) in [7, 11) is 0. The zero-order valence-corrected chi connectivity index (χ0v) is 37.9. The summed E-state index contributed by atoms with van der Waals surface area (Å²) in [6.07, 6.45) is 0. The molecule has 0 atom stereocenters. The van der Waals surface area contributed by atoms with Crippen molar-refractivity contribution < 1.29 is 29.3 Å². The first-order valence-corrected chi connectivity index (χ1v) is 23.8. The molecule has 2 aromatic heterocycles. The van der Waals surface area contributed by atoms with Crippen molar-refractivity contribution in [2.75, 3.05) is 13.2 Å². The Hall–Kier alpha value is -8.30. The van der Waals surface area contributed by atoms with E-state index in [-0.39, 0.29) is 0 Å². The Morgan fingerprint density at radius 2 is 0.750 bits per heavy atom. The van der Waals surface area contributed by atoms with E-state index >= 15 is 0 Å². The predicted octanol–water partition coefficient (Wildman–Crippen LogP) is 16.0. The van der Waals surface area contributed by atoms with Crippen LogP contribution in [-0.2, 0) is 9.59 Å². The first-order valence-electron chi connectivity index (χ1n) is 22.2. The Morgan fingerprint density at radius 1 is 0.368 bits per heavy atom. The van der Waals surface area contributed by atoms with E-state index in [1.807, 2.05) is 24.3 Å². The topological polar surface area (TPSA) is 93.1 Å². The van der Waals surface area contributed by atoms with Gasteiger partial charge in [-0.25, -0.2) is 9.59 Å². The normalized spacial score (nSPS) is 11.6. The van der Waals surface area contributed by atoms with Gasteiger partial charge in [-0.1, -0.05) is 158 Å². The van der Waals surface area contributed by atoms with Crippen molar-refractivity contribution in [2.45, 2.75) is 0 Å². The summed E-state index contributed by atoms with van der Waals surface area (Å²) in [6.45, 7) is -1.15. The van der Waals surface area contributed by atoms with Gasteiger partial charge < -0.3 is 19.7 Å². The molecule has 0 amide bonds. The van der Waals surface area contributed by atoms with Gasteiger partial charge in [0.25, 0.3) is 0 Å². The highest BCUT2D eigenvalue weighted by Gasteiger charge is 2.23. The molecule has 0 saturated heterocycles. The largest absolute Gasteiger partial charge is 0.481 e. The van der Waals surface area contributed by atoms with E-state index in [0.717, 1.165) is 66.1 Å². The van der Waals surface area contributed by atoms with E-state index in [1.54, 1.807) is 34.8 Å². The fourth-order valence-corrected chi connectivity index (χ4v) is 12.3. The fraction of sp³-hybridized carbons (Fsp3) is 0.0333. The van der Waals surface area contributed by atoms with Gasteiger partial charge >= 0.3 is 11.9 Å². The molecule has 2 heterocycles. The van der Waals surface area contributed by atoms with Crippen molar-refractivity contribution in [2.24, 2.45) is 0 Å². The number of hydrogen-bond donors (Lipinski definition) is 2. The molecule has 68 heavy (non-hydrogen) atoms. The van der Waals surface area contributed by atoms with Crippen LogP contribution in [0.2, 0.25) is 0 Å². The first kappa shape index (κ1) is 41.2. The third-order valence-electron chi connectivity index (χ3n) is 12.8. The quantitative estimate of drug-likeness (QED) is 0.134. The van der Waals surface area contributed by atoms with Crippen molar-refractivity contribution >= 4 is 96.5 Å². The summed E-state index contributed by atoms with van der Waals surface area (Å²) in [6, 6.07) is 67.0. The van der Waals surface area contributed by atoms with E-state index < -0.39 is 25.2 Å². The van der Waals surface area contributed by atoms with Crippen molar-refractivity contribution in [1.82, 2.24) is 0 Å². The summed E-state index contributed by atoms with van der Waals surface area (Å²) in [5.41, 5.74) is 9.91. The lowest BCUT2D eigenvalue weighted by Gasteiger charge is -2.20. The number of carboxylic acid groups (broad SMARTS) is 2. The van der Waals surface area contributed by atoms with Crippen molar-refractivity contribution in [1.29, 1.82) is 0 Å². The number of carboxylic acids is 2. The monoisotopic (exact) mass is 918 g/mol. The highest BCUT2D eigenvalue weighted by Crippen LogP contribution is 2.49. The first-order chi connectivity index (χ1) is 33.4. The van der Waals surface area contributed by atoms with Crippen molar-refractivity contribution in [3.63, 3.8) is 0 Å². The van der Waals surface area contributed by atoms with Crippen LogP contribution in [0.3, 0.4) is 0 Å². The molecule has 0 radical (unpaired) electrons. The van der Waals surface area contributed by atoms with Gasteiger partial charge in [0, 0.05) is 62.6 Å². The maximum absolute atomic E-state index is 12.0. The maximum Gasteiger partial charge on any atom is 0.341 e. The van der Waals surface area contributed by atoms with Crippen LogP contribution in [0.15, 0.2) is 194 Å². The van der Waals surface area contributed by atoms with Crippen LogP contribution < -0.4 is 9.47 Å². The molecule has 8 heteroatoms. The maximum atomic E-state index is 12.0. The molecule has 12 aromatic rings. The number of aliphatic carboxylic acids is 2. The summed E-state index contributed by atoms with van der Waals surface area (Å²) in [5.74, 6) is -1.57. The van der Waals surface area contributed by atoms with Crippen LogP contribution >= 0.6 is 22.7 Å². The molecule has 0 saturated carbocycles. The lowest BCUT2D eigenvalue weighted by atomic mass is 9.88. The molecule has 0 aliphatic carbocycles. The smallest absolute Gasteiger partial charge is 0.341 e. The molecule has 0 bridgehead atoms. The molecule has 12 rings (SSSR count). The minimum atomic E-state index is -1.12. The molecule has 6 nitrogen and oxygen atoms in total. The minimum absolute atomic E-state index is 0.336. The highest BCUT2D eigenvalue weighted by molar-refractivity contribution is 7.26. The Morgan fingerprint density at radius 3 is 1.19 bits per heavy atom. The zero-order valence-electron chi connectivity index (χ0n) is 36.2. The molecule has 10 aromatic carbocycles. The lowest BCUT2D eigenvalue weighted by molar-refractivity contribution is -0.140. The van der Waals surface area contributed by atoms with Gasteiger partial charge in [-0.05, 0) is 91.3 Å². The number of hydrogen-bond acceptors (Lipinski definition) is 6. The van der Waals surface area contributed by atoms with Crippen LogP contribution in [0.25, 0.3) is 118 Å². The number of ether oxygens (including phenoxy) is 2. The van der Waals surface area contributed by atoms with E-state index in [9.17, 15) is 19.8 Å². The molecular weight excluding hydrogens is 881 g/mol. The second kappa shape index (κ2) is 16.8. The molecule has 0 aliphatic rings. The highest BCUT2D eigenvalue weighted by atomic mass is 32.1. The number of fused-ring (bicyclic) bond motifs is 8. The molecule has 326 valence electrons. The molecular formula is C60H38O6S2. The standard InChI is InChI=1S/C60H38O6S2/c61-55(62)33-65-51-29-25-37-31-35(39-11-1-3-13-43(39)47-17-9-19-49-45-15-5-7-21-53(45)67-59(47)49)23-27-41(37)57(51)58-42-28-24-36(32-38(42)26-30-52(58)66-34-56(63)64)40-12-2-4-14-44(40)48-18-10-20-50-46-16-6-8-22-54(46)68-60(48)50/h1-32H,33-34H2,(H,61,62)(H,63,64). The van der Waals surface area contributed by atoms with Crippen molar-refractivity contribution in [3.05, 3.63) is 194 Å². The second-order valence-electron chi connectivity index (χ2n) is 16.8. The van der Waals surface area contributed by atoms with Gasteiger partial charge in [-0.3, -0.25) is 0 Å². The van der Waals surface area contributed by atoms with Crippen LogP contribution in [0.4, 0.5) is 0 Å². The Bertz CT molecular complexity index is 3750. The van der Waals surface area contributed by atoms with E-state index in [1.165, 1.54) is 40.3 Å². The molecule has 0 fully saturated rings. The lowest BCUT2D eigenvalue weighted by Crippen LogP contribution is -2.11. The zero-order chi connectivity index (χ0) is 45.9. The molecule has 2 N–H and O–H groups in total. The number of thiophene rings is 2. The van der Waals surface area contributed by atoms with Gasteiger partial charge in [0.1, 0.15) is 11.5 Å². The number of carbonyl (C=O) groups is 2. The summed E-state index contributed by atoms with van der Waals surface area (Å²) < 4.78 is 17.1. The SMILES string of the molecule is O=C(O)COc1ccc2cc(-c3ccccc3-c3cccc4c3sc3ccccc34)ccc2c1-c1c(OCC(=O)O)ccc2cc(-c3ccccc3-c3cccc4c3sc3ccccc34)ccc12. The minimum Gasteiger partial charge on any atom is -0.481 e. The van der Waals surface area contributed by atoms with E-state index in [0.29, 0.717) is 22.6 Å². The average Bonchev–Trinajstić information content (AvgIpc) is 3.96. The van der Waals surface area contributed by atoms with Crippen LogP contribution in [0.1, 0.15) is 0 Å². The van der Waals surface area contributed by atoms with Gasteiger partial charge in [0.15, 0.2) is 13.2 Å². The predicted molar refractivity (Wildman–Crippen MR) is 281 cm³/mol. The third kappa shape index (κ3) is 7.09. The van der Waals surface area contributed by atoms with Gasteiger partial charge in [0.05, 0.1) is 0 Å². The fourth-order valence-electron chi connectivity index (χ4n) is 9.85. The average molecular weight is 919 g/mol. The van der Waals surface area contributed by atoms with Gasteiger partial charge in [-0.2, -0.15) is 0 Å². The molecule has 0 aliphatic heterocycles. The Kier molecular flexibility index (Phi) is 10.2. The van der Waals surface area contributed by atoms with E-state index in [4.69, 9.17) is 9.47 Å². The number of rotatable bonds is 11. The molecule has 0 spiro atoms. The summed E-state index contributed by atoms with van der Waals surface area (Å²) in [5, 5.41) is 28.0. The van der Waals surface area contributed by atoms with Crippen molar-refractivity contribution in [3.8, 4) is 67.1 Å². The Balaban J connectivity index is 1.03. The molecule has 0 unspecified atom stereocenters. The second-order valence-corrected chi connectivity index (χ2v) is 18.9. The summed E-state index contributed by atoms with van der Waals surface area (Å²) in [4.78, 5) is 24.1. The number of benzene rings is 10. The van der Waals surface area contributed by atoms with E-state index in [2.05, 4.69) is 158 Å². The third-order valence-corrected chi connectivity index (χ3v) is 15.2. The Labute approximate surface area is 398 Å². The summed E-state index contributed by atoms with van der Waals surface area (Å²) >= 11 is 3.60. The van der Waals surface area contributed by atoms with Gasteiger partial charge in [0.2, 0.25) is 0 Å². The van der Waals surface area contributed by atoms with Crippen LogP contribution in [0.5, 0.6) is 11.5 Å². The van der Waals surface area contributed by atoms with Crippen LogP contribution in [-0.4, -0.2) is 35.4 Å². The van der Waals surface area contributed by atoms with Gasteiger partial charge in [-0.15, -0.1) is 22.7 Å².